The minimum absolute atomic E-state index is 0.148. The third-order valence-corrected chi connectivity index (χ3v) is 11.0. The molecule has 0 bridgehead atoms. The number of unbranched alkanes of at least 4 members (excludes halogenated alkanes) is 2. The Kier molecular flexibility index (Phi) is 70.2. The van der Waals surface area contributed by atoms with Gasteiger partial charge in [-0.05, 0) is 181 Å². The summed E-state index contributed by atoms with van der Waals surface area (Å²) in [4.78, 5) is 61.2. The molecule has 0 aliphatic heterocycles. The zero-order valence-electron chi connectivity index (χ0n) is 68.2. The second kappa shape index (κ2) is 82.5. The highest BCUT2D eigenvalue weighted by atomic mass is 16.5. The van der Waals surface area contributed by atoms with Crippen LogP contribution < -0.4 is 20.6 Å². The highest BCUT2D eigenvalue weighted by Gasteiger charge is 2.25. The van der Waals surface area contributed by atoms with E-state index in [0.717, 1.165) is 37.0 Å². The van der Waals surface area contributed by atoms with Crippen LogP contribution >= 0.6 is 0 Å². The monoisotopic (exact) mass is 1800 g/mol. The van der Waals surface area contributed by atoms with Gasteiger partial charge in [-0.2, -0.15) is 5.53 Å². The van der Waals surface area contributed by atoms with Crippen LogP contribution in [0.25, 0.3) is 0 Å². The highest BCUT2D eigenvalue weighted by Crippen LogP contribution is 2.31. The summed E-state index contributed by atoms with van der Waals surface area (Å²) in [6.45, 7) is 20.9. The summed E-state index contributed by atoms with van der Waals surface area (Å²) in [5.41, 5.74) is 10.9. The standard InChI is InChI=1S/C24H30N2O6.C15H20O3.C9H16O3.H3N67/c1-16-6-8-19(9-7-16)24(29)32-22-17(2)14-20(25-18(3)27)15-21(22)23(28)26(10-12-30-4)11-13-31-5;1-12(2)15(16)18-11-5-4-10-17-14-8-6-13(3)7-9-14;1-8(2)9(10)12-7-5-4-6-11-3;1-3-5-7-9-11-13-15-17-19-21-23-25-27-29-31-33-35-37-39-41-43-45-47-49-51-53-55-57-59-61-63-65-67-66-64-62-60-58-56-54-52-50-48-46-44-42-40-38-36-34-32-30-28-26-24-22-20-18-16-14-12-10-8-6-4-2/h6-9,14-15H,10-13H2,1-5H3,(H,25,27);6-9H,1,4-5,10-11H2,2-3H3;1,4-7H2,2-3H3;(H3,1,2,5,6,9,10,13,14,17,18,21,22,25,26,29,30,33,34,37,38,41,42,45,46,49,50,53,54,57,58,61,62,65,66). The lowest BCUT2D eigenvalue weighted by molar-refractivity contribution is -0.140. The van der Waals surface area contributed by atoms with Crippen molar-refractivity contribution in [3.05, 3.63) is 113 Å². The van der Waals surface area contributed by atoms with Gasteiger partial charge >= 0.3 is 17.9 Å². The number of methoxy groups -OCH3 is 3. The molecule has 0 saturated heterocycles. The molecular weight excluding hydrogens is 1730 g/mol. The predicted molar refractivity (Wildman–Crippen MR) is 405 cm³/mol. The molecule has 3 aromatic carbocycles. The van der Waals surface area contributed by atoms with E-state index in [4.69, 9.17) is 38.7 Å². The summed E-state index contributed by atoms with van der Waals surface area (Å²) in [6.07, 6.45) is 3.41. The number of ether oxygens (including phenoxy) is 7. The molecule has 2 amide bonds. The Hall–Kier alpha value is -19.2. The van der Waals surface area contributed by atoms with Crippen LogP contribution in [0, 0.1) is 26.3 Å². The van der Waals surface area contributed by atoms with Gasteiger partial charge in [-0.15, -0.1) is 0 Å². The van der Waals surface area contributed by atoms with E-state index in [1.807, 2.05) is 50.2 Å². The zero-order chi connectivity index (χ0) is 94.4. The van der Waals surface area contributed by atoms with E-state index < -0.39 is 5.97 Å². The summed E-state index contributed by atoms with van der Waals surface area (Å²) < 4.78 is 36.2. The molecule has 81 nitrogen and oxygen atoms in total. The molecule has 0 radical (unpaired) electrons. The minimum atomic E-state index is -0.574. The number of aryl methyl sites for hydroxylation is 3. The van der Waals surface area contributed by atoms with Crippen LogP contribution in [0.4, 0.5) is 5.69 Å². The molecule has 3 rings (SSSR count). The van der Waals surface area contributed by atoms with Crippen molar-refractivity contribution in [3.8, 4) is 11.5 Å². The van der Waals surface area contributed by atoms with Gasteiger partial charge in [0.05, 0.1) is 44.2 Å². The molecule has 0 aliphatic rings. The molecule has 0 aromatic heterocycles. The van der Waals surface area contributed by atoms with Gasteiger partial charge in [-0.25, -0.2) is 14.4 Å². The summed E-state index contributed by atoms with van der Waals surface area (Å²) in [7, 11) is 4.75. The molecule has 0 spiro atoms. The molecule has 0 atom stereocenters. The predicted octanol–water partition coefficient (Wildman–Crippen LogP) is 19.7. The number of anilines is 1. The first-order chi connectivity index (χ1) is 62.9. The number of nitrogens with one attached hydrogen (secondary N) is 2. The number of hydrogen-bond donors (Lipinski definition) is 3. The lowest BCUT2D eigenvalue weighted by Crippen LogP contribution is -2.37. The number of esters is 3. The number of amides is 2. The van der Waals surface area contributed by atoms with Crippen molar-refractivity contribution in [2.24, 2.45) is 345 Å². The number of benzene rings is 3. The quantitative estimate of drug-likeness (QED) is 0.00901. The fraction of sp³-hybridized carbons (Fsp3) is 0.438. The number of rotatable bonds is 55. The molecule has 0 unspecified atom stereocenters. The molecule has 0 aliphatic carbocycles. The molecule has 678 valence electrons. The number of carbonyl (C=O) groups is 5. The van der Waals surface area contributed by atoms with Gasteiger partial charge in [0.25, 0.3) is 5.91 Å². The van der Waals surface area contributed by atoms with E-state index in [1.165, 1.54) is 18.6 Å². The van der Waals surface area contributed by atoms with Crippen LogP contribution in [0.3, 0.4) is 0 Å². The van der Waals surface area contributed by atoms with Crippen LogP contribution in [0.2, 0.25) is 0 Å². The largest absolute Gasteiger partial charge is 0.494 e. The molecule has 3 aromatic rings. The lowest BCUT2D eigenvalue weighted by atomic mass is 10.1. The van der Waals surface area contributed by atoms with Crippen molar-refractivity contribution in [3.63, 3.8) is 0 Å². The average Bonchev–Trinajstić information content (AvgIpc) is 0.798. The van der Waals surface area contributed by atoms with Crippen molar-refractivity contribution in [1.29, 1.82) is 5.53 Å². The van der Waals surface area contributed by atoms with E-state index in [9.17, 15) is 24.0 Å². The first kappa shape index (κ1) is 110. The number of nitrogens with zero attached hydrogens (tertiary/aromatic N) is 66. The molecule has 0 saturated carbocycles. The Morgan fingerprint density at radius 1 is 0.357 bits per heavy atom. The normalized spacial score (nSPS) is 12.9. The number of carbonyl (C=O) groups excluding carboxylic acids is 5. The van der Waals surface area contributed by atoms with E-state index in [1.54, 1.807) is 65.2 Å². The van der Waals surface area contributed by atoms with Crippen LogP contribution in [0.1, 0.15) is 83.9 Å². The van der Waals surface area contributed by atoms with Crippen molar-refractivity contribution in [2.45, 2.75) is 67.2 Å². The smallest absolute Gasteiger partial charge is 0.343 e. The molecule has 4 N–H and O–H groups in total. The fourth-order valence-corrected chi connectivity index (χ4v) is 6.16. The topological polar surface area (TPSA) is 1020 Å². The Balaban J connectivity index is 0.00000213. The fourth-order valence-electron chi connectivity index (χ4n) is 6.16. The van der Waals surface area contributed by atoms with Gasteiger partial charge in [0.15, 0.2) is 0 Å². The summed E-state index contributed by atoms with van der Waals surface area (Å²) in [5.74, 6) is 3.81. The van der Waals surface area contributed by atoms with Gasteiger partial charge < -0.3 is 49.2 Å². The Morgan fingerprint density at radius 3 is 0.884 bits per heavy atom. The lowest BCUT2D eigenvalue weighted by Gasteiger charge is -2.24. The SMILES string of the molecule is C=C(C)C(=O)OCCCCOC.C=C(C)C(=O)OCCCCOc1ccc(C)cc1.COCCN(CCOC)C(=O)c1cc(NC(C)=O)cc(C)c1OC(=O)c1ccc(C)cc1.N=N/N=N/N=N/N=N/N=N/N=N/N=N/N=N/N=N/N=N/N=N/N=N/N=N/N=N/N=N/N=N/N=N/N=N/N=N/N=N/N=N/N=N/N=N/N=N/N=N/N=N/N=N/N=N/N=N/N=N/N=N/N=N/N=N/N. The van der Waals surface area contributed by atoms with Crippen LogP contribution in [-0.4, -0.2) is 109 Å². The van der Waals surface area contributed by atoms with E-state index in [0.29, 0.717) is 80.7 Å². The van der Waals surface area contributed by atoms with E-state index >= 15 is 0 Å². The van der Waals surface area contributed by atoms with E-state index in [-0.39, 0.29) is 35.1 Å². The molecular formula is C48H69N69O12. The Bertz CT molecular complexity index is 4840. The van der Waals surface area contributed by atoms with Crippen LogP contribution in [0.5, 0.6) is 11.5 Å². The first-order valence-corrected chi connectivity index (χ1v) is 33.6. The molecule has 81 heteroatoms. The van der Waals surface area contributed by atoms with Gasteiger partial charge in [0, 0.05) is 321 Å². The second-order valence-corrected chi connectivity index (χ2v) is 20.1. The molecule has 129 heavy (non-hydrogen) atoms. The summed E-state index contributed by atoms with van der Waals surface area (Å²) in [6, 6.07) is 18.1. The van der Waals surface area contributed by atoms with Gasteiger partial charge in [0.2, 0.25) is 5.91 Å². The maximum Gasteiger partial charge on any atom is 0.343 e. The maximum atomic E-state index is 13.4. The average molecular weight is 1800 g/mol. The van der Waals surface area contributed by atoms with Gasteiger partial charge in [-0.1, -0.05) is 53.8 Å². The van der Waals surface area contributed by atoms with E-state index in [2.05, 4.69) is 364 Å². The van der Waals surface area contributed by atoms with Crippen molar-refractivity contribution in [2.75, 3.05) is 79.4 Å². The highest BCUT2D eigenvalue weighted by molar-refractivity contribution is 6.01. The second-order valence-electron chi connectivity index (χ2n) is 20.1. The maximum absolute atomic E-state index is 13.4. The first-order valence-electron chi connectivity index (χ1n) is 33.6. The third-order valence-electron chi connectivity index (χ3n) is 11.0. The Morgan fingerprint density at radius 2 is 0.620 bits per heavy atom. The summed E-state index contributed by atoms with van der Waals surface area (Å²) in [5, 5.41) is 196. The van der Waals surface area contributed by atoms with Gasteiger partial charge in [-0.3, -0.25) is 9.59 Å². The number of nitrogens with two attached hydrogens (primary N) is 1. The van der Waals surface area contributed by atoms with Crippen molar-refractivity contribution < 1.29 is 57.1 Å². The summed E-state index contributed by atoms with van der Waals surface area (Å²) >= 11 is 0. The Labute approximate surface area is 717 Å². The van der Waals surface area contributed by atoms with Crippen molar-refractivity contribution in [1.82, 2.24) is 4.90 Å². The molecule has 0 heterocycles. The number of hydrogen-bond acceptors (Lipinski definition) is 14. The van der Waals surface area contributed by atoms with Crippen LogP contribution in [-0.2, 0) is 38.1 Å². The van der Waals surface area contributed by atoms with Crippen LogP contribution in [0.15, 0.2) is 424 Å². The third kappa shape index (κ3) is 70.3. The van der Waals surface area contributed by atoms with Crippen molar-refractivity contribution >= 4 is 35.4 Å². The molecule has 0 fully saturated rings. The minimum Gasteiger partial charge on any atom is -0.494 e. The zero-order valence-corrected chi connectivity index (χ0v) is 68.2. The van der Waals surface area contributed by atoms with Gasteiger partial charge in [0.1, 0.15) is 11.5 Å².